The zero-order valence-corrected chi connectivity index (χ0v) is 19.5. The Morgan fingerprint density at radius 1 is 1.03 bits per heavy atom. The van der Waals surface area contributed by atoms with Crippen molar-refractivity contribution >= 4 is 46.0 Å². The number of carbonyl (C=O) groups excluding carboxylic acids is 2. The van der Waals surface area contributed by atoms with Gasteiger partial charge in [-0.25, -0.2) is 14.9 Å². The van der Waals surface area contributed by atoms with Crippen LogP contribution >= 0.6 is 11.8 Å². The van der Waals surface area contributed by atoms with Gasteiger partial charge in [0.15, 0.2) is 11.2 Å². The molecule has 0 spiro atoms. The third-order valence-electron chi connectivity index (χ3n) is 5.59. The number of rotatable bonds is 5. The number of nitrogens with one attached hydrogen (secondary N) is 1. The molecule has 0 radical (unpaired) electrons. The summed E-state index contributed by atoms with van der Waals surface area (Å²) >= 11 is 1.23. The molecule has 3 aromatic carbocycles. The number of aliphatic imine (C=N–C) groups is 2. The minimum absolute atomic E-state index is 0.176. The Morgan fingerprint density at radius 3 is 2.47 bits per heavy atom. The Kier molecular flexibility index (Phi) is 5.90. The summed E-state index contributed by atoms with van der Waals surface area (Å²) < 4.78 is 5.16. The van der Waals surface area contributed by atoms with Gasteiger partial charge < -0.3 is 10.1 Å². The van der Waals surface area contributed by atoms with Crippen LogP contribution in [0.1, 0.15) is 24.1 Å². The molecule has 2 aliphatic rings. The van der Waals surface area contributed by atoms with E-state index in [-0.39, 0.29) is 11.8 Å². The van der Waals surface area contributed by atoms with Crippen molar-refractivity contribution in [2.45, 2.75) is 18.2 Å². The second-order valence-corrected chi connectivity index (χ2v) is 9.14. The first-order chi connectivity index (χ1) is 16.5. The van der Waals surface area contributed by atoms with Crippen molar-refractivity contribution in [2.24, 2.45) is 9.98 Å². The molecule has 2 aliphatic heterocycles. The molecular formula is C26H22N4O3S. The van der Waals surface area contributed by atoms with Gasteiger partial charge in [0, 0.05) is 11.3 Å². The quantitative estimate of drug-likeness (QED) is 0.581. The highest BCUT2D eigenvalue weighted by atomic mass is 32.2. The predicted molar refractivity (Wildman–Crippen MR) is 135 cm³/mol. The number of benzene rings is 3. The van der Waals surface area contributed by atoms with E-state index in [2.05, 4.69) is 5.32 Å². The maximum atomic E-state index is 13.5. The fraction of sp³-hybridized carbons (Fsp3) is 0.154. The predicted octanol–water partition coefficient (Wildman–Crippen LogP) is 4.79. The molecule has 2 atom stereocenters. The van der Waals surface area contributed by atoms with E-state index in [1.807, 2.05) is 54.6 Å². The van der Waals surface area contributed by atoms with Gasteiger partial charge in [-0.15, -0.1) is 0 Å². The summed E-state index contributed by atoms with van der Waals surface area (Å²) in [5.41, 5.74) is 3.01. The van der Waals surface area contributed by atoms with Gasteiger partial charge >= 0.3 is 0 Å². The molecule has 2 amide bonds. The number of fused-ring (bicyclic) bond motifs is 3. The van der Waals surface area contributed by atoms with Gasteiger partial charge in [0.2, 0.25) is 5.91 Å². The molecule has 34 heavy (non-hydrogen) atoms. The number of nitrogens with zero attached hydrogens (tertiary/aromatic N) is 3. The Balaban J connectivity index is 1.41. The van der Waals surface area contributed by atoms with E-state index in [0.29, 0.717) is 22.4 Å². The molecule has 0 aliphatic carbocycles. The number of para-hydroxylation sites is 1. The fourth-order valence-corrected chi connectivity index (χ4v) is 4.73. The summed E-state index contributed by atoms with van der Waals surface area (Å²) in [6, 6.07) is 23.6. The van der Waals surface area contributed by atoms with Crippen molar-refractivity contribution in [3.05, 3.63) is 90.0 Å². The smallest absolute Gasteiger partial charge is 0.263 e. The number of anilines is 1. The minimum atomic E-state index is -0.642. The van der Waals surface area contributed by atoms with Gasteiger partial charge in [0.25, 0.3) is 5.91 Å². The van der Waals surface area contributed by atoms with Gasteiger partial charge in [-0.2, -0.15) is 0 Å². The number of carbonyl (C=O) groups is 2. The lowest BCUT2D eigenvalue weighted by atomic mass is 10.1. The molecule has 0 saturated carbocycles. The van der Waals surface area contributed by atoms with Crippen LogP contribution in [0.3, 0.4) is 0 Å². The van der Waals surface area contributed by atoms with Gasteiger partial charge in [-0.1, -0.05) is 54.2 Å². The molecule has 0 aromatic heterocycles. The van der Waals surface area contributed by atoms with Crippen molar-refractivity contribution in [3.8, 4) is 5.75 Å². The van der Waals surface area contributed by atoms with Crippen molar-refractivity contribution < 1.29 is 14.3 Å². The first-order valence-electron chi connectivity index (χ1n) is 10.8. The number of amides is 2. The normalized spacial score (nSPS) is 17.3. The molecule has 0 bridgehead atoms. The maximum Gasteiger partial charge on any atom is 0.263 e. The average molecular weight is 471 g/mol. The number of amidine groups is 2. The highest BCUT2D eigenvalue weighted by Crippen LogP contribution is 2.38. The van der Waals surface area contributed by atoms with Crippen LogP contribution in [-0.4, -0.2) is 40.1 Å². The van der Waals surface area contributed by atoms with Gasteiger partial charge in [0.1, 0.15) is 11.6 Å². The molecule has 0 fully saturated rings. The highest BCUT2D eigenvalue weighted by Gasteiger charge is 2.42. The Bertz CT molecular complexity index is 1310. The molecule has 5 rings (SSSR count). The first-order valence-corrected chi connectivity index (χ1v) is 11.7. The van der Waals surface area contributed by atoms with Crippen LogP contribution in [0.2, 0.25) is 0 Å². The third-order valence-corrected chi connectivity index (χ3v) is 6.65. The van der Waals surface area contributed by atoms with Gasteiger partial charge in [0.05, 0.1) is 18.0 Å². The molecule has 0 unspecified atom stereocenters. The van der Waals surface area contributed by atoms with Crippen LogP contribution in [0.4, 0.5) is 11.4 Å². The molecule has 170 valence electrons. The van der Waals surface area contributed by atoms with Crippen LogP contribution < -0.4 is 10.1 Å². The topological polar surface area (TPSA) is 83.4 Å². The van der Waals surface area contributed by atoms with Crippen molar-refractivity contribution in [3.63, 3.8) is 0 Å². The SMILES string of the molecule is COc1ccc(NC(=O)[C@@H](C)SC2=Nc3ccccc3C3=N[C@@H](c4ccccc4)C(=O)N23)cc1. The fourth-order valence-electron chi connectivity index (χ4n) is 3.81. The van der Waals surface area contributed by atoms with E-state index in [4.69, 9.17) is 14.7 Å². The molecule has 0 saturated heterocycles. The summed E-state index contributed by atoms with van der Waals surface area (Å²) in [7, 11) is 1.59. The van der Waals surface area contributed by atoms with Crippen LogP contribution in [0, 0.1) is 0 Å². The minimum Gasteiger partial charge on any atom is -0.497 e. The Labute approximate surface area is 201 Å². The van der Waals surface area contributed by atoms with Gasteiger partial charge in [-0.05, 0) is 48.9 Å². The van der Waals surface area contributed by atoms with Crippen molar-refractivity contribution in [1.29, 1.82) is 0 Å². The summed E-state index contributed by atoms with van der Waals surface area (Å²) in [6.45, 7) is 1.79. The molecular weight excluding hydrogens is 448 g/mol. The summed E-state index contributed by atoms with van der Waals surface area (Å²) in [5, 5.41) is 2.84. The standard InChI is InChI=1S/C26H22N4O3S/c1-16(24(31)27-18-12-14-19(33-2)15-13-18)34-26-28-21-11-7-6-10-20(21)23-29-22(25(32)30(23)26)17-8-4-3-5-9-17/h3-16,22H,1-2H3,(H,27,31)/t16-,22+/m1/s1. The van der Waals surface area contributed by atoms with Crippen LogP contribution in [-0.2, 0) is 9.59 Å². The first kappa shape index (κ1) is 21.9. The number of hydrogen-bond acceptors (Lipinski definition) is 6. The monoisotopic (exact) mass is 470 g/mol. The summed E-state index contributed by atoms with van der Waals surface area (Å²) in [5.74, 6) is 0.906. The number of ether oxygens (including phenoxy) is 1. The largest absolute Gasteiger partial charge is 0.497 e. The van der Waals surface area contributed by atoms with Crippen LogP contribution in [0.25, 0.3) is 0 Å². The second-order valence-electron chi connectivity index (χ2n) is 7.83. The van der Waals surface area contributed by atoms with E-state index < -0.39 is 11.3 Å². The van der Waals surface area contributed by atoms with Crippen molar-refractivity contribution in [2.75, 3.05) is 12.4 Å². The zero-order valence-electron chi connectivity index (χ0n) is 18.6. The van der Waals surface area contributed by atoms with E-state index in [9.17, 15) is 9.59 Å². The third kappa shape index (κ3) is 4.08. The van der Waals surface area contributed by atoms with Crippen LogP contribution in [0.5, 0.6) is 5.75 Å². The number of thioether (sulfide) groups is 1. The van der Waals surface area contributed by atoms with Crippen LogP contribution in [0.15, 0.2) is 88.8 Å². The molecule has 1 N–H and O–H groups in total. The Morgan fingerprint density at radius 2 is 1.74 bits per heavy atom. The lowest BCUT2D eigenvalue weighted by Crippen LogP contribution is -2.41. The lowest BCUT2D eigenvalue weighted by molar-refractivity contribution is -0.124. The highest BCUT2D eigenvalue weighted by molar-refractivity contribution is 8.15. The molecule has 8 heteroatoms. The number of methoxy groups -OCH3 is 1. The second kappa shape index (κ2) is 9.15. The zero-order chi connectivity index (χ0) is 23.7. The average Bonchev–Trinajstić information content (AvgIpc) is 3.22. The summed E-state index contributed by atoms with van der Waals surface area (Å²) in [6.07, 6.45) is 0. The lowest BCUT2D eigenvalue weighted by Gasteiger charge is -2.26. The number of hydrogen-bond donors (Lipinski definition) is 1. The maximum absolute atomic E-state index is 13.5. The molecule has 2 heterocycles. The van der Waals surface area contributed by atoms with E-state index >= 15 is 0 Å². The van der Waals surface area contributed by atoms with E-state index in [1.54, 1.807) is 43.2 Å². The van der Waals surface area contributed by atoms with E-state index in [0.717, 1.165) is 16.8 Å². The molecule has 3 aromatic rings. The van der Waals surface area contributed by atoms with Gasteiger partial charge in [-0.3, -0.25) is 9.59 Å². The van der Waals surface area contributed by atoms with E-state index in [1.165, 1.54) is 11.8 Å². The Hall–Kier alpha value is -3.91. The summed E-state index contributed by atoms with van der Waals surface area (Å²) in [4.78, 5) is 37.4. The molecule has 7 nitrogen and oxygen atoms in total. The van der Waals surface area contributed by atoms with Crippen molar-refractivity contribution in [1.82, 2.24) is 4.90 Å².